The molecule has 1 aliphatic heterocycles. The Morgan fingerprint density at radius 3 is 1.57 bits per heavy atom. The molecule has 0 spiro atoms. The van der Waals surface area contributed by atoms with E-state index < -0.39 is 0 Å². The average molecular weight is 327 g/mol. The smallest absolute Gasteiger partial charge is 0.276 e. The van der Waals surface area contributed by atoms with Gasteiger partial charge >= 0.3 is 0 Å². The van der Waals surface area contributed by atoms with Gasteiger partial charge in [0.1, 0.15) is 0 Å². The fraction of sp³-hybridized carbons (Fsp3) is 1.00. The number of fused-ring (bicyclic) bond motifs is 3. The first-order valence-corrected chi connectivity index (χ1v) is 8.56. The highest BCUT2D eigenvalue weighted by Crippen LogP contribution is 2.38. The van der Waals surface area contributed by atoms with E-state index in [2.05, 4.69) is 0 Å². The highest BCUT2D eigenvalue weighted by molar-refractivity contribution is 4.90. The Hall–Kier alpha value is 1.02. The summed E-state index contributed by atoms with van der Waals surface area (Å²) in [6, 6.07) is 0. The first kappa shape index (κ1) is 11.5. The van der Waals surface area contributed by atoms with E-state index in [1.54, 1.807) is 51.4 Å². The maximum absolute atomic E-state index is 1.63. The van der Waals surface area contributed by atoms with E-state index in [1.165, 1.54) is 19.7 Å². The summed E-state index contributed by atoms with van der Waals surface area (Å²) < 4.78 is 2.56. The zero-order chi connectivity index (χ0) is 8.67. The van der Waals surface area contributed by atoms with Crippen LogP contribution >= 0.6 is 0 Å². The van der Waals surface area contributed by atoms with Gasteiger partial charge in [-0.1, -0.05) is 12.8 Å². The Labute approximate surface area is 104 Å². The number of rotatable bonds is 0. The minimum absolute atomic E-state index is 0. The lowest BCUT2D eigenvalue weighted by Gasteiger charge is -2.26. The third-order valence-corrected chi connectivity index (χ3v) is 9.28. The molecule has 3 rings (SSSR count). The Bertz CT molecular complexity index is 175. The topological polar surface area (TPSA) is 0 Å². The molecule has 2 aliphatic carbocycles. The van der Waals surface area contributed by atoms with E-state index >= 15 is 0 Å². The van der Waals surface area contributed by atoms with Crippen molar-refractivity contribution < 1.29 is 33.6 Å². The molecule has 2 saturated carbocycles. The minimum Gasteiger partial charge on any atom is -1.00 e. The summed E-state index contributed by atoms with van der Waals surface area (Å²) >= 11 is 0.620. The van der Waals surface area contributed by atoms with Crippen molar-refractivity contribution in [1.29, 1.82) is 0 Å². The van der Waals surface area contributed by atoms with Crippen LogP contribution in [-0.4, -0.2) is 7.85 Å². The molecule has 0 aromatic heterocycles. The van der Waals surface area contributed by atoms with Gasteiger partial charge in [-0.15, -0.1) is 0 Å². The van der Waals surface area contributed by atoms with Crippen molar-refractivity contribution in [2.24, 2.45) is 11.8 Å². The van der Waals surface area contributed by atoms with Crippen LogP contribution in [-0.2, 0) is 0 Å². The van der Waals surface area contributed by atoms with Crippen LogP contribution in [0.25, 0.3) is 0 Å². The van der Waals surface area contributed by atoms with Crippen molar-refractivity contribution in [3.05, 3.63) is 0 Å². The van der Waals surface area contributed by atoms with Crippen molar-refractivity contribution in [2.75, 3.05) is 0 Å². The van der Waals surface area contributed by atoms with Crippen molar-refractivity contribution in [2.45, 2.75) is 59.2 Å². The predicted molar refractivity (Wildman–Crippen MR) is 51.5 cm³/mol. The van der Waals surface area contributed by atoms with Gasteiger partial charge in [0.05, 0.1) is 0 Å². The molecular weight excluding hydrogens is 306 g/mol. The summed E-state index contributed by atoms with van der Waals surface area (Å²) in [5, 5.41) is 0. The van der Waals surface area contributed by atoms with Crippen LogP contribution in [0.3, 0.4) is 0 Å². The van der Waals surface area contributed by atoms with E-state index in [9.17, 15) is 0 Å². The number of halogens is 2. The molecule has 1 heterocycles. The number of hydrogen-bond donors (Lipinski definition) is 0. The van der Waals surface area contributed by atoms with E-state index in [-0.39, 0.29) is 12.4 Å². The van der Waals surface area contributed by atoms with Crippen LogP contribution < -0.4 is 33.6 Å². The zero-order valence-corrected chi connectivity index (χ0v) is 11.6. The fourth-order valence-corrected chi connectivity index (χ4v) is 9.35. The Balaban J connectivity index is 0.000000750. The molecule has 3 fully saturated rings. The van der Waals surface area contributed by atoms with Gasteiger partial charge in [0.2, 0.25) is 0 Å². The molecule has 4 unspecified atom stereocenters. The first-order chi connectivity index (χ1) is 6.45. The summed E-state index contributed by atoms with van der Waals surface area (Å²) in [4.78, 5) is 0. The Kier molecular flexibility index (Phi) is 4.03. The van der Waals surface area contributed by atoms with E-state index in [0.717, 1.165) is 0 Å². The molecule has 0 amide bonds. The molecule has 0 nitrogen and oxygen atoms in total. The standard InChI is InChI=1S/C12H20I.ClH/c1-3-7-11-9(5-1)10-6-2-4-8-12(10)13-11;/h9-12H,1-8H2;1H/q+1;/p-1. The van der Waals surface area contributed by atoms with E-state index in [4.69, 9.17) is 0 Å². The molecule has 0 N–H and O–H groups in total. The summed E-state index contributed by atoms with van der Waals surface area (Å²) in [7, 11) is 0. The molecule has 3 aliphatic rings. The fourth-order valence-electron chi connectivity index (χ4n) is 3.71. The normalized spacial score (nSPS) is 46.3. The quantitative estimate of drug-likeness (QED) is 0.334. The Morgan fingerprint density at radius 1 is 0.643 bits per heavy atom. The number of alkyl halides is 2. The molecule has 1 saturated heterocycles. The maximum Gasteiger partial charge on any atom is 0.276 e. The van der Waals surface area contributed by atoms with E-state index in [0.29, 0.717) is 21.2 Å². The van der Waals surface area contributed by atoms with Gasteiger partial charge < -0.3 is 12.4 Å². The van der Waals surface area contributed by atoms with Crippen LogP contribution in [0.15, 0.2) is 0 Å². The van der Waals surface area contributed by atoms with Crippen molar-refractivity contribution in [1.82, 2.24) is 0 Å². The molecule has 4 atom stereocenters. The van der Waals surface area contributed by atoms with Crippen LogP contribution in [0.1, 0.15) is 51.4 Å². The molecular formula is C12H20ClI. The highest BCUT2D eigenvalue weighted by atomic mass is 127. The predicted octanol–water partition coefficient (Wildman–Crippen LogP) is -2.79. The van der Waals surface area contributed by atoms with Crippen LogP contribution in [0, 0.1) is 11.8 Å². The number of hydrogen-bond acceptors (Lipinski definition) is 0. The molecule has 0 bridgehead atoms. The lowest BCUT2D eigenvalue weighted by atomic mass is 9.73. The first-order valence-electron chi connectivity index (χ1n) is 6.07. The van der Waals surface area contributed by atoms with Crippen LogP contribution in [0.5, 0.6) is 0 Å². The summed E-state index contributed by atoms with van der Waals surface area (Å²) in [5.41, 5.74) is 0. The monoisotopic (exact) mass is 326 g/mol. The Morgan fingerprint density at radius 2 is 1.07 bits per heavy atom. The van der Waals surface area contributed by atoms with Crippen molar-refractivity contribution >= 4 is 0 Å². The van der Waals surface area contributed by atoms with Gasteiger partial charge in [-0.3, -0.25) is 0 Å². The molecule has 2 heteroatoms. The van der Waals surface area contributed by atoms with Gasteiger partial charge in [0, 0.05) is 11.8 Å². The van der Waals surface area contributed by atoms with Gasteiger partial charge in [-0.25, -0.2) is 0 Å². The lowest BCUT2D eigenvalue weighted by molar-refractivity contribution is -0.709. The average Bonchev–Trinajstić information content (AvgIpc) is 2.56. The van der Waals surface area contributed by atoms with Crippen LogP contribution in [0.2, 0.25) is 0 Å². The minimum atomic E-state index is 0. The second kappa shape index (κ2) is 4.90. The van der Waals surface area contributed by atoms with Gasteiger partial charge in [0.15, 0.2) is 7.85 Å². The van der Waals surface area contributed by atoms with E-state index in [1.807, 2.05) is 0 Å². The van der Waals surface area contributed by atoms with Crippen molar-refractivity contribution in [3.63, 3.8) is 0 Å². The maximum atomic E-state index is 1.63. The molecule has 14 heavy (non-hydrogen) atoms. The summed E-state index contributed by atoms with van der Waals surface area (Å²) in [6.07, 6.45) is 12.8. The second-order valence-electron chi connectivity index (χ2n) is 5.05. The highest BCUT2D eigenvalue weighted by Gasteiger charge is 2.55. The largest absolute Gasteiger partial charge is 1.00 e. The van der Waals surface area contributed by atoms with Gasteiger partial charge in [0.25, 0.3) is 21.2 Å². The van der Waals surface area contributed by atoms with Crippen LogP contribution in [0.4, 0.5) is 0 Å². The third-order valence-electron chi connectivity index (χ3n) is 4.34. The third kappa shape index (κ3) is 1.95. The lowest BCUT2D eigenvalue weighted by Crippen LogP contribution is -3.67. The molecule has 0 aromatic carbocycles. The van der Waals surface area contributed by atoms with Gasteiger partial charge in [-0.2, -0.15) is 0 Å². The summed E-state index contributed by atoms with van der Waals surface area (Å²) in [6.45, 7) is 0. The molecule has 82 valence electrons. The molecule has 0 aromatic rings. The SMILES string of the molecule is C1CCC2C(C1)[I+]C1CCCCC12.[Cl-]. The summed E-state index contributed by atoms with van der Waals surface area (Å²) in [5.74, 6) is 2.46. The van der Waals surface area contributed by atoms with Gasteiger partial charge in [-0.05, 0) is 38.5 Å². The molecule has 0 radical (unpaired) electrons. The van der Waals surface area contributed by atoms with Crippen molar-refractivity contribution in [3.8, 4) is 0 Å². The zero-order valence-electron chi connectivity index (χ0n) is 8.72. The second-order valence-corrected chi connectivity index (χ2v) is 8.97.